The third kappa shape index (κ3) is 1.20. The number of hydrogen-bond donors (Lipinski definition) is 2. The number of rotatable bonds is 1. The normalized spacial score (nSPS) is 48.8. The maximum Gasteiger partial charge on any atom is 0.0665 e. The molecule has 0 amide bonds. The maximum absolute atomic E-state index is 9.19. The van der Waals surface area contributed by atoms with Crippen molar-refractivity contribution in [1.29, 1.82) is 0 Å². The quantitative estimate of drug-likeness (QED) is 0.512. The molecule has 2 nitrogen and oxygen atoms in total. The summed E-state index contributed by atoms with van der Waals surface area (Å²) < 4.78 is 21.7. The van der Waals surface area contributed by atoms with Gasteiger partial charge in [-0.25, -0.2) is 0 Å². The molecular formula is C6H13NO. The molecule has 1 fully saturated rings. The summed E-state index contributed by atoms with van der Waals surface area (Å²) in [5, 5.41) is 11.8. The van der Waals surface area contributed by atoms with Crippen LogP contribution in [0, 0.1) is 0 Å². The summed E-state index contributed by atoms with van der Waals surface area (Å²) >= 11 is 0. The van der Waals surface area contributed by atoms with Gasteiger partial charge in [0.2, 0.25) is 0 Å². The van der Waals surface area contributed by atoms with Crippen LogP contribution >= 0.6 is 0 Å². The van der Waals surface area contributed by atoms with E-state index in [4.69, 9.17) is 4.11 Å². The number of aliphatic hydroxyl groups is 1. The minimum Gasteiger partial charge on any atom is -0.392 e. The minimum atomic E-state index is -1.57. The van der Waals surface area contributed by atoms with Gasteiger partial charge >= 0.3 is 0 Å². The Hall–Kier alpha value is -0.0800. The summed E-state index contributed by atoms with van der Waals surface area (Å²) in [5.41, 5.74) is 0. The molecule has 0 radical (unpaired) electrons. The second kappa shape index (κ2) is 2.46. The third-order valence-corrected chi connectivity index (χ3v) is 1.34. The zero-order chi connectivity index (χ0) is 8.70. The van der Waals surface area contributed by atoms with Gasteiger partial charge < -0.3 is 10.4 Å². The number of hydrogen-bond acceptors (Lipinski definition) is 2. The number of nitrogens with one attached hydrogen (secondary N) is 1. The first-order valence-corrected chi connectivity index (χ1v) is 2.81. The molecule has 0 bridgehead atoms. The van der Waals surface area contributed by atoms with E-state index in [9.17, 15) is 5.11 Å². The van der Waals surface area contributed by atoms with E-state index in [1.807, 2.05) is 0 Å². The molecule has 0 aromatic carbocycles. The van der Waals surface area contributed by atoms with Gasteiger partial charge in [0.1, 0.15) is 0 Å². The molecule has 2 unspecified atom stereocenters. The molecule has 1 heterocycles. The first-order chi connectivity index (χ1) is 4.81. The van der Waals surface area contributed by atoms with Crippen LogP contribution in [0.3, 0.4) is 0 Å². The van der Waals surface area contributed by atoms with Gasteiger partial charge in [0.25, 0.3) is 0 Å². The molecule has 2 N–H and O–H groups in total. The van der Waals surface area contributed by atoms with Gasteiger partial charge in [-0.3, -0.25) is 0 Å². The predicted molar refractivity (Wildman–Crippen MR) is 32.7 cm³/mol. The van der Waals surface area contributed by atoms with Crippen LogP contribution < -0.4 is 5.32 Å². The summed E-state index contributed by atoms with van der Waals surface area (Å²) in [4.78, 5) is 0. The van der Waals surface area contributed by atoms with Crippen LogP contribution in [0.4, 0.5) is 0 Å². The Morgan fingerprint density at radius 3 is 3.12 bits per heavy atom. The minimum absolute atomic E-state index is 0.368. The first-order valence-electron chi connectivity index (χ1n) is 4.31. The van der Waals surface area contributed by atoms with Crippen LogP contribution in [0.1, 0.15) is 23.9 Å². The summed E-state index contributed by atoms with van der Waals surface area (Å²) in [5.74, 6) is 0. The second-order valence-corrected chi connectivity index (χ2v) is 2.05. The monoisotopic (exact) mass is 118 g/mol. The summed E-state index contributed by atoms with van der Waals surface area (Å²) in [7, 11) is 0. The molecule has 1 rings (SSSR count). The van der Waals surface area contributed by atoms with E-state index in [2.05, 4.69) is 5.32 Å². The van der Waals surface area contributed by atoms with Gasteiger partial charge in [0.15, 0.2) is 0 Å². The Kier molecular flexibility index (Phi) is 0.980. The zero-order valence-electron chi connectivity index (χ0n) is 7.94. The summed E-state index contributed by atoms with van der Waals surface area (Å²) in [6, 6.07) is -0.447. The molecule has 48 valence electrons. The third-order valence-electron chi connectivity index (χ3n) is 1.34. The second-order valence-electron chi connectivity index (χ2n) is 2.05. The Bertz CT molecular complexity index is 154. The topological polar surface area (TPSA) is 32.3 Å². The Morgan fingerprint density at radius 1 is 2.12 bits per heavy atom. The molecule has 2 heteroatoms. The van der Waals surface area contributed by atoms with E-state index in [-0.39, 0.29) is 0 Å². The lowest BCUT2D eigenvalue weighted by atomic mass is 10.1. The van der Waals surface area contributed by atoms with Crippen LogP contribution in [0.5, 0.6) is 0 Å². The van der Waals surface area contributed by atoms with Crippen molar-refractivity contribution in [2.24, 2.45) is 0 Å². The molecule has 2 atom stereocenters. The highest BCUT2D eigenvalue weighted by Gasteiger charge is 2.17. The van der Waals surface area contributed by atoms with E-state index in [1.165, 1.54) is 6.92 Å². The van der Waals surface area contributed by atoms with Crippen LogP contribution in [0.25, 0.3) is 0 Å². The Morgan fingerprint density at radius 2 is 2.88 bits per heavy atom. The lowest BCUT2D eigenvalue weighted by molar-refractivity contribution is 0.154. The zero-order valence-corrected chi connectivity index (χ0v) is 4.94. The lowest BCUT2D eigenvalue weighted by Crippen LogP contribution is -2.32. The van der Waals surface area contributed by atoms with E-state index >= 15 is 0 Å². The van der Waals surface area contributed by atoms with Crippen molar-refractivity contribution in [3.8, 4) is 0 Å². The van der Waals surface area contributed by atoms with E-state index in [0.717, 1.165) is 0 Å². The van der Waals surface area contributed by atoms with Crippen molar-refractivity contribution in [2.45, 2.75) is 31.9 Å². The molecule has 8 heavy (non-hydrogen) atoms. The molecule has 1 aliphatic rings. The maximum atomic E-state index is 9.19. The van der Waals surface area contributed by atoms with Gasteiger partial charge in [-0.1, -0.05) is 0 Å². The van der Waals surface area contributed by atoms with E-state index in [1.54, 1.807) is 0 Å². The Balaban J connectivity index is 2.55. The van der Waals surface area contributed by atoms with Crippen molar-refractivity contribution in [2.75, 3.05) is 6.50 Å². The highest BCUT2D eigenvalue weighted by atomic mass is 16.3. The Labute approximate surface area is 54.1 Å². The SMILES string of the molecule is [2H]C1([2H])CCC(C([2H])(C)O)N1. The molecule has 1 saturated heterocycles. The van der Waals surface area contributed by atoms with Crippen LogP contribution in [-0.4, -0.2) is 23.7 Å². The highest BCUT2D eigenvalue weighted by Crippen LogP contribution is 2.07. The van der Waals surface area contributed by atoms with Gasteiger partial charge in [-0.2, -0.15) is 0 Å². The fourth-order valence-electron chi connectivity index (χ4n) is 0.797. The standard InChI is InChI=1S/C6H13NO/c1-5(8)6-3-2-4-7-6/h5-8H,2-4H2,1H3/i4D2,5D. The van der Waals surface area contributed by atoms with Crippen molar-refractivity contribution in [1.82, 2.24) is 5.32 Å². The van der Waals surface area contributed by atoms with E-state index < -0.39 is 18.6 Å². The van der Waals surface area contributed by atoms with Gasteiger partial charge in [-0.05, 0) is 26.3 Å². The van der Waals surface area contributed by atoms with Gasteiger partial charge in [0.05, 0.1) is 7.45 Å². The van der Waals surface area contributed by atoms with Gasteiger partial charge in [-0.15, -0.1) is 0 Å². The van der Waals surface area contributed by atoms with Crippen molar-refractivity contribution >= 4 is 0 Å². The molecule has 0 saturated carbocycles. The molecule has 0 aromatic rings. The molecule has 0 aromatic heterocycles. The van der Waals surface area contributed by atoms with Crippen molar-refractivity contribution < 1.29 is 9.22 Å². The first kappa shape index (κ1) is 3.18. The fraction of sp³-hybridized carbons (Fsp3) is 1.00. The molecule has 0 spiro atoms. The molecular weight excluding hydrogens is 102 g/mol. The molecule has 1 aliphatic heterocycles. The van der Waals surface area contributed by atoms with Crippen LogP contribution in [0.2, 0.25) is 0 Å². The average Bonchev–Trinajstić information content (AvgIpc) is 2.07. The van der Waals surface area contributed by atoms with Crippen molar-refractivity contribution in [3.63, 3.8) is 0 Å². The average molecular weight is 118 g/mol. The van der Waals surface area contributed by atoms with Crippen LogP contribution in [0.15, 0.2) is 0 Å². The largest absolute Gasteiger partial charge is 0.392 e. The van der Waals surface area contributed by atoms with Crippen LogP contribution in [-0.2, 0) is 0 Å². The predicted octanol–water partition coefficient (Wildman–Crippen LogP) is 0.119. The fourth-order valence-corrected chi connectivity index (χ4v) is 0.797. The van der Waals surface area contributed by atoms with E-state index in [0.29, 0.717) is 12.8 Å². The highest BCUT2D eigenvalue weighted by molar-refractivity contribution is 4.77. The molecule has 0 aliphatic carbocycles. The lowest BCUT2D eigenvalue weighted by Gasteiger charge is -2.11. The summed E-state index contributed by atoms with van der Waals surface area (Å²) in [6.45, 7) is -0.0399. The summed E-state index contributed by atoms with van der Waals surface area (Å²) in [6.07, 6.45) is -0.681. The van der Waals surface area contributed by atoms with Gasteiger partial charge in [0, 0.05) is 8.78 Å². The van der Waals surface area contributed by atoms with Crippen molar-refractivity contribution in [3.05, 3.63) is 0 Å². The smallest absolute Gasteiger partial charge is 0.0665 e.